The van der Waals surface area contributed by atoms with Crippen molar-refractivity contribution in [2.24, 2.45) is 0 Å². The summed E-state index contributed by atoms with van der Waals surface area (Å²) in [6, 6.07) is 1.60. The van der Waals surface area contributed by atoms with E-state index in [2.05, 4.69) is 5.16 Å². The van der Waals surface area contributed by atoms with Crippen LogP contribution in [0.5, 0.6) is 0 Å². The Hall–Kier alpha value is -2.05. The third-order valence-corrected chi connectivity index (χ3v) is 1.32. The summed E-state index contributed by atoms with van der Waals surface area (Å²) in [6.07, 6.45) is -1.38. The first-order valence-electron chi connectivity index (χ1n) is 3.78. The lowest BCUT2D eigenvalue weighted by atomic mass is 10.3. The Morgan fingerprint density at radius 2 is 2.29 bits per heavy atom. The van der Waals surface area contributed by atoms with Crippen molar-refractivity contribution in [1.29, 1.82) is 0 Å². The number of rotatable bonds is 2. The molecule has 0 aliphatic rings. The van der Waals surface area contributed by atoms with Crippen LogP contribution in [0.3, 0.4) is 0 Å². The molecule has 1 aromatic rings. The highest BCUT2D eigenvalue weighted by Gasteiger charge is 2.08. The highest BCUT2D eigenvalue weighted by Crippen LogP contribution is 2.02. The quantitative estimate of drug-likeness (QED) is 0.573. The monoisotopic (exact) mass is 199 g/mol. The summed E-state index contributed by atoms with van der Waals surface area (Å²) in [5.41, 5.74) is 4.36. The zero-order chi connectivity index (χ0) is 10.6. The van der Waals surface area contributed by atoms with Crippen molar-refractivity contribution < 1.29 is 19.2 Å². The molecular weight excluding hydrogens is 190 g/mol. The Bertz CT molecular complexity index is 346. The summed E-state index contributed by atoms with van der Waals surface area (Å²) in [6.45, 7) is 1.72. The van der Waals surface area contributed by atoms with Gasteiger partial charge in [0.25, 0.3) is 0 Å². The molecule has 0 aliphatic carbocycles. The van der Waals surface area contributed by atoms with Gasteiger partial charge in [0, 0.05) is 6.07 Å². The topological polar surface area (TPSA) is 104 Å². The van der Waals surface area contributed by atoms with Crippen molar-refractivity contribution in [3.8, 4) is 0 Å². The number of nitrogens with one attached hydrogen (secondary N) is 2. The van der Waals surface area contributed by atoms with E-state index >= 15 is 0 Å². The summed E-state index contributed by atoms with van der Waals surface area (Å²) in [5.74, 6) is -0.129. The second kappa shape index (κ2) is 4.26. The molecule has 1 heterocycles. The molecule has 3 N–H and O–H groups in total. The maximum atomic E-state index is 11.0. The van der Waals surface area contributed by atoms with E-state index in [9.17, 15) is 9.59 Å². The molecule has 1 rings (SSSR count). The number of hydrazine groups is 1. The Kier molecular flexibility index (Phi) is 3.05. The van der Waals surface area contributed by atoms with Crippen LogP contribution in [0.1, 0.15) is 11.5 Å². The number of carbonyl (C=O) groups is 2. The third kappa shape index (κ3) is 3.13. The van der Waals surface area contributed by atoms with Gasteiger partial charge in [-0.05, 0) is 6.92 Å². The summed E-state index contributed by atoms with van der Waals surface area (Å²) in [5, 5.41) is 11.7. The minimum atomic E-state index is -1.33. The lowest BCUT2D eigenvalue weighted by Gasteiger charge is -2.00. The van der Waals surface area contributed by atoms with Gasteiger partial charge in [-0.1, -0.05) is 5.16 Å². The fourth-order valence-corrected chi connectivity index (χ4v) is 0.825. The summed E-state index contributed by atoms with van der Waals surface area (Å²) >= 11 is 0. The smallest absolute Gasteiger partial charge is 0.423 e. The maximum Gasteiger partial charge on any atom is 0.423 e. The van der Waals surface area contributed by atoms with Gasteiger partial charge in [-0.2, -0.15) is 0 Å². The number of hydrogen-bond acceptors (Lipinski definition) is 4. The van der Waals surface area contributed by atoms with Crippen molar-refractivity contribution >= 4 is 12.0 Å². The largest absolute Gasteiger partial charge is 0.464 e. The van der Waals surface area contributed by atoms with Crippen LogP contribution < -0.4 is 10.9 Å². The Morgan fingerprint density at radius 3 is 2.79 bits per heavy atom. The van der Waals surface area contributed by atoms with E-state index in [1.165, 1.54) is 0 Å². The number of nitrogens with zero attached hydrogens (tertiary/aromatic N) is 1. The first-order chi connectivity index (χ1) is 6.58. The number of carboxylic acid groups (broad SMARTS) is 1. The van der Waals surface area contributed by atoms with Crippen molar-refractivity contribution in [2.45, 2.75) is 13.3 Å². The van der Waals surface area contributed by atoms with Crippen LogP contribution in [0.15, 0.2) is 10.6 Å². The van der Waals surface area contributed by atoms with Gasteiger partial charge in [-0.15, -0.1) is 0 Å². The highest BCUT2D eigenvalue weighted by atomic mass is 16.5. The van der Waals surface area contributed by atoms with Crippen LogP contribution in [0.2, 0.25) is 0 Å². The molecule has 0 spiro atoms. The molecule has 0 unspecified atom stereocenters. The molecule has 7 heteroatoms. The fourth-order valence-electron chi connectivity index (χ4n) is 0.825. The highest BCUT2D eigenvalue weighted by molar-refractivity contribution is 5.80. The lowest BCUT2D eigenvalue weighted by molar-refractivity contribution is -0.121. The number of carbonyl (C=O) groups excluding carboxylic acids is 1. The number of aryl methyl sites for hydroxylation is 1. The number of amides is 2. The minimum Gasteiger partial charge on any atom is -0.464 e. The average molecular weight is 199 g/mol. The van der Waals surface area contributed by atoms with Crippen LogP contribution in [0, 0.1) is 6.92 Å². The van der Waals surface area contributed by atoms with Crippen LogP contribution in [0.25, 0.3) is 0 Å². The summed E-state index contributed by atoms with van der Waals surface area (Å²) in [7, 11) is 0. The van der Waals surface area contributed by atoms with Gasteiger partial charge in [0.15, 0.2) is 0 Å². The van der Waals surface area contributed by atoms with E-state index in [1.807, 2.05) is 5.43 Å². The SMILES string of the molecule is Cc1cc(CC(=O)NNC(=O)O)on1. The second-order valence-corrected chi connectivity index (χ2v) is 2.59. The molecule has 0 aromatic carbocycles. The zero-order valence-electron chi connectivity index (χ0n) is 7.40. The molecule has 2 amide bonds. The molecule has 0 fully saturated rings. The predicted molar refractivity (Wildman–Crippen MR) is 44.2 cm³/mol. The molecule has 0 saturated carbocycles. The summed E-state index contributed by atoms with van der Waals surface area (Å²) < 4.78 is 4.76. The number of hydrogen-bond donors (Lipinski definition) is 3. The molecule has 0 radical (unpaired) electrons. The van der Waals surface area contributed by atoms with Gasteiger partial charge < -0.3 is 9.63 Å². The Morgan fingerprint density at radius 1 is 1.57 bits per heavy atom. The van der Waals surface area contributed by atoms with Crippen molar-refractivity contribution in [1.82, 2.24) is 16.0 Å². The maximum absolute atomic E-state index is 11.0. The Balaban J connectivity index is 2.37. The van der Waals surface area contributed by atoms with Crippen molar-refractivity contribution in [3.63, 3.8) is 0 Å². The molecule has 0 atom stereocenters. The zero-order valence-corrected chi connectivity index (χ0v) is 7.40. The van der Waals surface area contributed by atoms with Gasteiger partial charge in [0.2, 0.25) is 5.91 Å². The minimum absolute atomic E-state index is 0.0544. The molecule has 0 saturated heterocycles. The van der Waals surface area contributed by atoms with Gasteiger partial charge in [0.05, 0.1) is 12.1 Å². The fraction of sp³-hybridized carbons (Fsp3) is 0.286. The van der Waals surface area contributed by atoms with Gasteiger partial charge in [-0.25, -0.2) is 10.2 Å². The summed E-state index contributed by atoms with van der Waals surface area (Å²) in [4.78, 5) is 21.0. The van der Waals surface area contributed by atoms with Crippen LogP contribution in [-0.4, -0.2) is 22.3 Å². The first-order valence-corrected chi connectivity index (χ1v) is 3.78. The lowest BCUT2D eigenvalue weighted by Crippen LogP contribution is -2.41. The predicted octanol–water partition coefficient (Wildman–Crippen LogP) is -0.176. The second-order valence-electron chi connectivity index (χ2n) is 2.59. The van der Waals surface area contributed by atoms with Crippen LogP contribution in [0.4, 0.5) is 4.79 Å². The standard InChI is InChI=1S/C7H9N3O4/c1-4-2-5(14-10-4)3-6(11)8-9-7(12)13/h2,9H,3H2,1H3,(H,8,11)(H,12,13). The van der Waals surface area contributed by atoms with Crippen LogP contribution >= 0.6 is 0 Å². The molecule has 76 valence electrons. The van der Waals surface area contributed by atoms with Crippen molar-refractivity contribution in [2.75, 3.05) is 0 Å². The first kappa shape index (κ1) is 10.0. The average Bonchev–Trinajstić information content (AvgIpc) is 2.48. The van der Waals surface area contributed by atoms with Crippen molar-refractivity contribution in [3.05, 3.63) is 17.5 Å². The molecule has 1 aromatic heterocycles. The van der Waals surface area contributed by atoms with E-state index < -0.39 is 12.0 Å². The van der Waals surface area contributed by atoms with E-state index in [1.54, 1.807) is 18.4 Å². The molecule has 0 bridgehead atoms. The van der Waals surface area contributed by atoms with Crippen LogP contribution in [-0.2, 0) is 11.2 Å². The van der Waals surface area contributed by atoms with Gasteiger partial charge >= 0.3 is 6.09 Å². The normalized spacial score (nSPS) is 9.50. The molecular formula is C7H9N3O4. The van der Waals surface area contributed by atoms with E-state index in [4.69, 9.17) is 9.63 Å². The molecule has 14 heavy (non-hydrogen) atoms. The third-order valence-electron chi connectivity index (χ3n) is 1.32. The van der Waals surface area contributed by atoms with E-state index in [-0.39, 0.29) is 6.42 Å². The molecule has 7 nitrogen and oxygen atoms in total. The molecule has 0 aliphatic heterocycles. The van der Waals surface area contributed by atoms with E-state index in [0.29, 0.717) is 11.5 Å². The number of aromatic nitrogens is 1. The van der Waals surface area contributed by atoms with E-state index in [0.717, 1.165) is 0 Å². The van der Waals surface area contributed by atoms with Gasteiger partial charge in [0.1, 0.15) is 5.76 Å². The Labute approximate surface area is 79.0 Å². The van der Waals surface area contributed by atoms with Gasteiger partial charge in [-0.3, -0.25) is 10.2 Å².